The molecule has 0 rings (SSSR count). The van der Waals surface area contributed by atoms with Crippen molar-refractivity contribution >= 4 is 11.9 Å². The van der Waals surface area contributed by atoms with Crippen LogP contribution in [-0.2, 0) is 19.1 Å². The third-order valence-corrected chi connectivity index (χ3v) is 7.47. The van der Waals surface area contributed by atoms with Crippen LogP contribution in [-0.4, -0.2) is 36.4 Å². The molecule has 0 amide bonds. The van der Waals surface area contributed by atoms with Crippen LogP contribution in [0.15, 0.2) is 72.9 Å². The van der Waals surface area contributed by atoms with E-state index in [9.17, 15) is 14.7 Å². The quantitative estimate of drug-likeness (QED) is 0.0450. The molecule has 0 bridgehead atoms. The van der Waals surface area contributed by atoms with Crippen LogP contribution in [0.2, 0.25) is 0 Å². The van der Waals surface area contributed by atoms with Gasteiger partial charge in [0.1, 0.15) is 6.61 Å². The van der Waals surface area contributed by atoms with E-state index in [0.717, 1.165) is 51.4 Å². The van der Waals surface area contributed by atoms with E-state index in [0.29, 0.717) is 19.3 Å². The number of aliphatic hydroxyl groups is 1. The zero-order valence-corrected chi connectivity index (χ0v) is 29.6. The zero-order valence-electron chi connectivity index (χ0n) is 29.6. The number of hydrogen-bond acceptors (Lipinski definition) is 5. The summed E-state index contributed by atoms with van der Waals surface area (Å²) in [5.74, 6) is -0.704. The second-order valence-corrected chi connectivity index (χ2v) is 11.9. The summed E-state index contributed by atoms with van der Waals surface area (Å²) in [5, 5.41) is 9.52. The first-order valence-electron chi connectivity index (χ1n) is 18.5. The average Bonchev–Trinajstić information content (AvgIpc) is 3.06. The Morgan fingerprint density at radius 3 is 1.41 bits per heavy atom. The molecule has 0 spiro atoms. The number of esters is 2. The Morgan fingerprint density at radius 1 is 0.500 bits per heavy atom. The van der Waals surface area contributed by atoms with Crippen LogP contribution in [0.4, 0.5) is 0 Å². The predicted molar refractivity (Wildman–Crippen MR) is 196 cm³/mol. The minimum Gasteiger partial charge on any atom is -0.462 e. The predicted octanol–water partition coefficient (Wildman–Crippen LogP) is 11.4. The van der Waals surface area contributed by atoms with E-state index in [1.807, 2.05) is 0 Å². The Morgan fingerprint density at radius 2 is 0.891 bits per heavy atom. The van der Waals surface area contributed by atoms with Gasteiger partial charge in [0, 0.05) is 12.8 Å². The lowest BCUT2D eigenvalue weighted by atomic mass is 10.1. The molecular weight excluding hydrogens is 572 g/mol. The Hall–Kier alpha value is -2.66. The lowest BCUT2D eigenvalue weighted by Gasteiger charge is -2.15. The van der Waals surface area contributed by atoms with Crippen molar-refractivity contribution in [3.8, 4) is 0 Å². The summed E-state index contributed by atoms with van der Waals surface area (Å²) in [6.45, 7) is 4.00. The third kappa shape index (κ3) is 34.2. The van der Waals surface area contributed by atoms with Crippen molar-refractivity contribution < 1.29 is 24.2 Å². The second kappa shape index (κ2) is 36.8. The van der Waals surface area contributed by atoms with Gasteiger partial charge in [0.15, 0.2) is 6.10 Å². The molecule has 0 heterocycles. The first kappa shape index (κ1) is 43.3. The van der Waals surface area contributed by atoms with Crippen LogP contribution >= 0.6 is 0 Å². The lowest BCUT2D eigenvalue weighted by Crippen LogP contribution is -2.28. The maximum absolute atomic E-state index is 12.1. The van der Waals surface area contributed by atoms with Crippen LogP contribution in [0.5, 0.6) is 0 Å². The van der Waals surface area contributed by atoms with Crippen LogP contribution in [0.25, 0.3) is 0 Å². The molecule has 1 atom stereocenters. The van der Waals surface area contributed by atoms with E-state index in [1.165, 1.54) is 70.6 Å². The van der Waals surface area contributed by atoms with Crippen molar-refractivity contribution in [2.24, 2.45) is 0 Å². The number of aliphatic hydroxyl groups excluding tert-OH is 1. The van der Waals surface area contributed by atoms with Crippen LogP contribution < -0.4 is 0 Å². The summed E-state index contributed by atoms with van der Waals surface area (Å²) in [6, 6.07) is 0. The number of allylic oxidation sites excluding steroid dienone is 12. The second-order valence-electron chi connectivity index (χ2n) is 11.9. The van der Waals surface area contributed by atoms with Crippen molar-refractivity contribution in [3.63, 3.8) is 0 Å². The van der Waals surface area contributed by atoms with Gasteiger partial charge in [-0.1, -0.05) is 132 Å². The Balaban J connectivity index is 3.75. The molecule has 0 saturated heterocycles. The van der Waals surface area contributed by atoms with Crippen molar-refractivity contribution in [3.05, 3.63) is 72.9 Å². The molecule has 262 valence electrons. The molecule has 0 unspecified atom stereocenters. The molecule has 46 heavy (non-hydrogen) atoms. The van der Waals surface area contributed by atoms with Gasteiger partial charge < -0.3 is 14.6 Å². The number of carbonyl (C=O) groups is 2. The molecule has 5 heteroatoms. The summed E-state index contributed by atoms with van der Waals surface area (Å²) in [6.07, 6.45) is 48.2. The molecule has 0 aliphatic heterocycles. The number of ether oxygens (including phenoxy) is 2. The number of rotatable bonds is 32. The summed E-state index contributed by atoms with van der Waals surface area (Å²) < 4.78 is 10.5. The Bertz CT molecular complexity index is 864. The van der Waals surface area contributed by atoms with Gasteiger partial charge in [-0.2, -0.15) is 0 Å². The average molecular weight is 641 g/mol. The van der Waals surface area contributed by atoms with Crippen LogP contribution in [0, 0.1) is 0 Å². The zero-order chi connectivity index (χ0) is 33.6. The maximum atomic E-state index is 12.1. The van der Waals surface area contributed by atoms with E-state index >= 15 is 0 Å². The largest absolute Gasteiger partial charge is 0.462 e. The van der Waals surface area contributed by atoms with E-state index in [4.69, 9.17) is 9.47 Å². The first-order chi connectivity index (χ1) is 22.6. The fourth-order valence-electron chi connectivity index (χ4n) is 4.63. The monoisotopic (exact) mass is 641 g/mol. The Kier molecular flexibility index (Phi) is 34.7. The van der Waals surface area contributed by atoms with Gasteiger partial charge in [-0.25, -0.2) is 0 Å². The van der Waals surface area contributed by atoms with Crippen molar-refractivity contribution in [2.45, 2.75) is 161 Å². The topological polar surface area (TPSA) is 72.8 Å². The van der Waals surface area contributed by atoms with Gasteiger partial charge in [-0.3, -0.25) is 9.59 Å². The molecular formula is C41H68O5. The highest BCUT2D eigenvalue weighted by molar-refractivity contribution is 5.70. The van der Waals surface area contributed by atoms with Gasteiger partial charge in [0.2, 0.25) is 0 Å². The van der Waals surface area contributed by atoms with Crippen LogP contribution in [0.3, 0.4) is 0 Å². The highest BCUT2D eigenvalue weighted by Crippen LogP contribution is 2.09. The first-order valence-corrected chi connectivity index (χ1v) is 18.5. The molecule has 0 fully saturated rings. The molecule has 0 aromatic carbocycles. The lowest BCUT2D eigenvalue weighted by molar-refractivity contribution is -0.161. The smallest absolute Gasteiger partial charge is 0.306 e. The van der Waals surface area contributed by atoms with Gasteiger partial charge in [-0.15, -0.1) is 0 Å². The minimum absolute atomic E-state index is 0.111. The van der Waals surface area contributed by atoms with E-state index in [2.05, 4.69) is 86.8 Å². The molecule has 0 aromatic heterocycles. The normalized spacial score (nSPS) is 13.0. The van der Waals surface area contributed by atoms with Gasteiger partial charge in [-0.05, 0) is 83.5 Å². The molecule has 1 N–H and O–H groups in total. The van der Waals surface area contributed by atoms with E-state index in [1.54, 1.807) is 0 Å². The maximum Gasteiger partial charge on any atom is 0.306 e. The van der Waals surface area contributed by atoms with E-state index in [-0.39, 0.29) is 25.2 Å². The summed E-state index contributed by atoms with van der Waals surface area (Å²) in [5.41, 5.74) is 0. The fourth-order valence-corrected chi connectivity index (χ4v) is 4.63. The van der Waals surface area contributed by atoms with Gasteiger partial charge in [0.25, 0.3) is 0 Å². The van der Waals surface area contributed by atoms with Crippen molar-refractivity contribution in [1.29, 1.82) is 0 Å². The highest BCUT2D eigenvalue weighted by Gasteiger charge is 2.15. The minimum atomic E-state index is -0.814. The van der Waals surface area contributed by atoms with E-state index < -0.39 is 6.10 Å². The number of hydrogen-bond donors (Lipinski definition) is 1. The SMILES string of the molecule is CCCCCC=CCC=CCC=CCCCCC(=O)O[C@@H](CO)COC(=O)CCCC=CCC=CCC=CCCCCCCCC. The molecule has 0 aromatic rings. The van der Waals surface area contributed by atoms with Crippen LogP contribution in [0.1, 0.15) is 155 Å². The standard InChI is InChI=1S/C41H68O5/c1-3-5-7-9-11-13-15-17-19-20-22-23-25-27-29-31-33-35-40(43)45-38-39(37-42)46-41(44)36-34-32-30-28-26-24-21-18-16-14-12-10-8-6-4-2/h12,14,17-19,21-23,26-29,39,42H,3-11,13,15-16,20,24-25,30-38H2,1-2H3/t39-/m0/s1. The highest BCUT2D eigenvalue weighted by atomic mass is 16.6. The fraction of sp³-hybridized carbons (Fsp3) is 0.659. The summed E-state index contributed by atoms with van der Waals surface area (Å²) in [4.78, 5) is 24.2. The molecule has 0 aliphatic rings. The third-order valence-electron chi connectivity index (χ3n) is 7.47. The molecule has 5 nitrogen and oxygen atoms in total. The summed E-state index contributed by atoms with van der Waals surface area (Å²) in [7, 11) is 0. The number of unbranched alkanes of at least 4 members (excludes halogenated alkanes) is 12. The molecule has 0 radical (unpaired) electrons. The summed E-state index contributed by atoms with van der Waals surface area (Å²) >= 11 is 0. The number of carbonyl (C=O) groups excluding carboxylic acids is 2. The van der Waals surface area contributed by atoms with Gasteiger partial charge in [0.05, 0.1) is 6.61 Å². The van der Waals surface area contributed by atoms with Crippen molar-refractivity contribution in [2.75, 3.05) is 13.2 Å². The molecule has 0 aliphatic carbocycles. The molecule has 0 saturated carbocycles. The Labute approximate surface area is 283 Å². The van der Waals surface area contributed by atoms with Gasteiger partial charge >= 0.3 is 11.9 Å². The van der Waals surface area contributed by atoms with Crippen molar-refractivity contribution in [1.82, 2.24) is 0 Å².